The molecule has 3 heterocycles. The average molecular weight is 366 g/mol. The lowest BCUT2D eigenvalue weighted by molar-refractivity contribution is 0.0584. The molecule has 0 atom stereocenters. The fraction of sp³-hybridized carbons (Fsp3) is 0.611. The smallest absolute Gasteiger partial charge is 0.186 e. The topological polar surface area (TPSA) is 39.6 Å². The molecule has 0 unspecified atom stereocenters. The van der Waals surface area contributed by atoms with Crippen LogP contribution < -0.4 is 4.90 Å². The molecule has 0 aliphatic carbocycles. The summed E-state index contributed by atoms with van der Waals surface area (Å²) < 4.78 is 1.16. The Morgan fingerprint density at radius 3 is 2.62 bits per heavy atom. The van der Waals surface area contributed by atoms with E-state index in [1.54, 1.807) is 11.3 Å². The lowest BCUT2D eigenvalue weighted by atomic mass is 9.83. The molecule has 6 heteroatoms. The van der Waals surface area contributed by atoms with Crippen LogP contribution in [0.1, 0.15) is 32.1 Å². The van der Waals surface area contributed by atoms with E-state index in [1.165, 1.54) is 25.9 Å². The van der Waals surface area contributed by atoms with Crippen LogP contribution in [-0.2, 0) is 0 Å². The Bertz CT molecular complexity index is 705. The van der Waals surface area contributed by atoms with Gasteiger partial charge in [-0.2, -0.15) is 0 Å². The van der Waals surface area contributed by atoms with Crippen LogP contribution in [0.15, 0.2) is 18.2 Å². The van der Waals surface area contributed by atoms with Crippen LogP contribution in [0.5, 0.6) is 0 Å². The summed E-state index contributed by atoms with van der Waals surface area (Å²) in [5.41, 5.74) is 1.23. The molecule has 2 aliphatic rings. The number of fused-ring (bicyclic) bond motifs is 1. The van der Waals surface area contributed by atoms with E-state index in [0.717, 1.165) is 52.7 Å². The molecule has 2 saturated heterocycles. The first kappa shape index (κ1) is 16.6. The second kappa shape index (κ2) is 6.79. The minimum absolute atomic E-state index is 0.196. The first-order valence-electron chi connectivity index (χ1n) is 8.87. The molecule has 130 valence electrons. The van der Waals surface area contributed by atoms with Gasteiger partial charge in [-0.15, -0.1) is 0 Å². The fourth-order valence-corrected chi connectivity index (χ4v) is 5.55. The van der Waals surface area contributed by atoms with Gasteiger partial charge in [0, 0.05) is 30.3 Å². The second-order valence-corrected chi connectivity index (χ2v) is 8.43. The van der Waals surface area contributed by atoms with E-state index in [0.29, 0.717) is 0 Å². The van der Waals surface area contributed by atoms with E-state index < -0.39 is 0 Å². The number of aromatic nitrogens is 1. The van der Waals surface area contributed by atoms with Gasteiger partial charge in [0.1, 0.15) is 0 Å². The van der Waals surface area contributed by atoms with E-state index in [9.17, 15) is 5.11 Å². The Balaban J connectivity index is 1.51. The van der Waals surface area contributed by atoms with Crippen molar-refractivity contribution in [2.24, 2.45) is 0 Å². The minimum atomic E-state index is 0.196. The molecule has 1 N–H and O–H groups in total. The molecule has 2 aliphatic heterocycles. The van der Waals surface area contributed by atoms with Gasteiger partial charge < -0.3 is 10.0 Å². The average Bonchev–Trinajstić information content (AvgIpc) is 3.25. The molecule has 0 radical (unpaired) electrons. The maximum absolute atomic E-state index is 9.59. The molecular formula is C18H24ClN3OS. The summed E-state index contributed by atoms with van der Waals surface area (Å²) >= 11 is 7.83. The van der Waals surface area contributed by atoms with Crippen molar-refractivity contribution in [3.05, 3.63) is 23.2 Å². The SMILES string of the molecule is OCCC1(N2CCCC2)CCN(c2nc3ccc(Cl)cc3s2)CC1. The molecule has 0 spiro atoms. The summed E-state index contributed by atoms with van der Waals surface area (Å²) in [4.78, 5) is 9.84. The number of hydrogen-bond donors (Lipinski definition) is 1. The third kappa shape index (κ3) is 3.03. The number of anilines is 1. The predicted octanol–water partition coefficient (Wildman–Crippen LogP) is 3.77. The number of hydrogen-bond acceptors (Lipinski definition) is 5. The van der Waals surface area contributed by atoms with E-state index in [-0.39, 0.29) is 12.1 Å². The molecule has 1 aromatic heterocycles. The van der Waals surface area contributed by atoms with E-state index in [4.69, 9.17) is 16.6 Å². The van der Waals surface area contributed by atoms with Gasteiger partial charge in [-0.1, -0.05) is 22.9 Å². The van der Waals surface area contributed by atoms with E-state index in [1.807, 2.05) is 18.2 Å². The van der Waals surface area contributed by atoms with Gasteiger partial charge in [0.25, 0.3) is 0 Å². The zero-order valence-electron chi connectivity index (χ0n) is 13.9. The van der Waals surface area contributed by atoms with Crippen LogP contribution >= 0.6 is 22.9 Å². The van der Waals surface area contributed by atoms with Crippen molar-refractivity contribution in [2.45, 2.75) is 37.6 Å². The fourth-order valence-electron chi connectivity index (χ4n) is 4.26. The number of piperidine rings is 1. The third-order valence-corrected chi connectivity index (χ3v) is 6.97. The van der Waals surface area contributed by atoms with E-state index >= 15 is 0 Å². The lowest BCUT2D eigenvalue weighted by Crippen LogP contribution is -2.55. The van der Waals surface area contributed by atoms with Gasteiger partial charge in [-0.25, -0.2) is 4.98 Å². The molecule has 0 amide bonds. The van der Waals surface area contributed by atoms with E-state index in [2.05, 4.69) is 9.80 Å². The molecular weight excluding hydrogens is 342 g/mol. The standard InChI is InChI=1S/C18H24ClN3OS/c19-14-3-4-15-16(13-14)24-17(20-15)21-10-5-18(6-11-21,7-12-23)22-8-1-2-9-22/h3-4,13,23H,1-2,5-12H2. The summed E-state index contributed by atoms with van der Waals surface area (Å²) in [6.45, 7) is 4.71. The second-order valence-electron chi connectivity index (χ2n) is 6.99. The van der Waals surface area contributed by atoms with Gasteiger partial charge in [0.15, 0.2) is 5.13 Å². The highest BCUT2D eigenvalue weighted by molar-refractivity contribution is 7.22. The van der Waals surface area contributed by atoms with Crippen molar-refractivity contribution in [3.8, 4) is 0 Å². The van der Waals surface area contributed by atoms with Crippen LogP contribution in [0.2, 0.25) is 5.02 Å². The monoisotopic (exact) mass is 365 g/mol. The number of benzene rings is 1. The van der Waals surface area contributed by atoms with Crippen LogP contribution in [-0.4, -0.2) is 53.3 Å². The summed E-state index contributed by atoms with van der Waals surface area (Å²) in [6, 6.07) is 5.91. The Labute approximate surface area is 152 Å². The van der Waals surface area contributed by atoms with Crippen molar-refractivity contribution in [2.75, 3.05) is 37.7 Å². The maximum atomic E-state index is 9.59. The number of likely N-dealkylation sites (tertiary alicyclic amines) is 1. The number of aliphatic hydroxyl groups is 1. The van der Waals surface area contributed by atoms with Crippen molar-refractivity contribution >= 4 is 38.3 Å². The van der Waals surface area contributed by atoms with Gasteiger partial charge in [-0.3, -0.25) is 4.90 Å². The molecule has 1 aromatic carbocycles. The number of aliphatic hydroxyl groups excluding tert-OH is 1. The van der Waals surface area contributed by atoms with Gasteiger partial charge in [0.2, 0.25) is 0 Å². The number of halogens is 1. The quantitative estimate of drug-likeness (QED) is 0.895. The lowest BCUT2D eigenvalue weighted by Gasteiger charge is -2.47. The van der Waals surface area contributed by atoms with Crippen molar-refractivity contribution in [1.29, 1.82) is 0 Å². The van der Waals surface area contributed by atoms with Crippen LogP contribution in [0.25, 0.3) is 10.2 Å². The van der Waals surface area contributed by atoms with Crippen molar-refractivity contribution < 1.29 is 5.11 Å². The Hall–Kier alpha value is -0.880. The van der Waals surface area contributed by atoms with Gasteiger partial charge in [-0.05, 0) is 63.4 Å². The third-order valence-electron chi connectivity index (χ3n) is 5.66. The highest BCUT2D eigenvalue weighted by Gasteiger charge is 2.40. The molecule has 4 rings (SSSR count). The Morgan fingerprint density at radius 1 is 1.17 bits per heavy atom. The summed E-state index contributed by atoms with van der Waals surface area (Å²) in [7, 11) is 0. The summed E-state index contributed by atoms with van der Waals surface area (Å²) in [5.74, 6) is 0. The predicted molar refractivity (Wildman–Crippen MR) is 101 cm³/mol. The largest absolute Gasteiger partial charge is 0.396 e. The van der Waals surface area contributed by atoms with Crippen molar-refractivity contribution in [1.82, 2.24) is 9.88 Å². The number of nitrogens with zero attached hydrogens (tertiary/aromatic N) is 3. The summed E-state index contributed by atoms with van der Waals surface area (Å²) in [6.07, 6.45) is 5.73. The highest BCUT2D eigenvalue weighted by Crippen LogP contribution is 2.38. The molecule has 2 aromatic rings. The number of thiazole rings is 1. The summed E-state index contributed by atoms with van der Waals surface area (Å²) in [5, 5.41) is 11.5. The molecule has 0 bridgehead atoms. The normalized spacial score (nSPS) is 21.7. The minimum Gasteiger partial charge on any atom is -0.396 e. The Kier molecular flexibility index (Phi) is 4.69. The van der Waals surface area contributed by atoms with Gasteiger partial charge in [0.05, 0.1) is 10.2 Å². The van der Waals surface area contributed by atoms with Gasteiger partial charge >= 0.3 is 0 Å². The first-order valence-corrected chi connectivity index (χ1v) is 10.1. The van der Waals surface area contributed by atoms with Crippen LogP contribution in [0, 0.1) is 0 Å². The molecule has 4 nitrogen and oxygen atoms in total. The molecule has 24 heavy (non-hydrogen) atoms. The first-order chi connectivity index (χ1) is 11.7. The van der Waals surface area contributed by atoms with Crippen molar-refractivity contribution in [3.63, 3.8) is 0 Å². The Morgan fingerprint density at radius 2 is 1.92 bits per heavy atom. The highest BCUT2D eigenvalue weighted by atomic mass is 35.5. The zero-order valence-corrected chi connectivity index (χ0v) is 15.5. The maximum Gasteiger partial charge on any atom is 0.186 e. The zero-order chi connectivity index (χ0) is 16.6. The molecule has 2 fully saturated rings. The van der Waals surface area contributed by atoms with Crippen LogP contribution in [0.3, 0.4) is 0 Å². The van der Waals surface area contributed by atoms with Crippen LogP contribution in [0.4, 0.5) is 5.13 Å². The molecule has 0 saturated carbocycles. The number of rotatable bonds is 4.